The SMILES string of the molecule is CC(C)CCCC(C)C1CCC2C3CC(NCCCCCCCCCCN)C4CC(O)CCC4(C)C3CCC12C. The lowest BCUT2D eigenvalue weighted by atomic mass is 9.43. The van der Waals surface area contributed by atoms with Gasteiger partial charge in [0.15, 0.2) is 0 Å². The number of hydrogen-bond donors (Lipinski definition) is 3. The van der Waals surface area contributed by atoms with E-state index in [0.717, 1.165) is 54.9 Å². The quantitative estimate of drug-likeness (QED) is 0.166. The number of hydrogen-bond acceptors (Lipinski definition) is 3. The fraction of sp³-hybridized carbons (Fsp3) is 1.00. The maximum Gasteiger partial charge on any atom is 0.0543 e. The summed E-state index contributed by atoms with van der Waals surface area (Å²) in [5.41, 5.74) is 6.61. The standard InChI is InChI=1S/C37H70N2O/c1-27(2)15-14-16-28(3)31-17-18-32-30-26-35(39-24-13-11-9-7-6-8-10-12-23-38)34-25-29(40)19-21-37(34,5)33(30)20-22-36(31,32)4/h27-35,39-40H,6-26,38H2,1-5H3. The van der Waals surface area contributed by atoms with Gasteiger partial charge in [0.1, 0.15) is 0 Å². The van der Waals surface area contributed by atoms with Gasteiger partial charge in [-0.1, -0.05) is 92.4 Å². The molecule has 0 bridgehead atoms. The Bertz CT molecular complexity index is 740. The van der Waals surface area contributed by atoms with Gasteiger partial charge in [-0.2, -0.15) is 0 Å². The molecule has 10 unspecified atom stereocenters. The van der Waals surface area contributed by atoms with Crippen LogP contribution in [0.5, 0.6) is 0 Å². The van der Waals surface area contributed by atoms with Crippen LogP contribution in [0.2, 0.25) is 0 Å². The molecule has 234 valence electrons. The number of fused-ring (bicyclic) bond motifs is 5. The average Bonchev–Trinajstić information content (AvgIpc) is 3.27. The van der Waals surface area contributed by atoms with Crippen LogP contribution in [-0.4, -0.2) is 30.3 Å². The Kier molecular flexibility index (Phi) is 12.3. The van der Waals surface area contributed by atoms with Crippen molar-refractivity contribution in [1.82, 2.24) is 5.32 Å². The van der Waals surface area contributed by atoms with Crippen LogP contribution in [0.25, 0.3) is 0 Å². The van der Waals surface area contributed by atoms with Gasteiger partial charge in [-0.05, 0) is 130 Å². The summed E-state index contributed by atoms with van der Waals surface area (Å²) < 4.78 is 0. The van der Waals surface area contributed by atoms with E-state index in [1.165, 1.54) is 116 Å². The van der Waals surface area contributed by atoms with Crippen molar-refractivity contribution in [1.29, 1.82) is 0 Å². The molecule has 3 nitrogen and oxygen atoms in total. The predicted molar refractivity (Wildman–Crippen MR) is 172 cm³/mol. The Balaban J connectivity index is 1.35. The van der Waals surface area contributed by atoms with Crippen LogP contribution in [0.4, 0.5) is 0 Å². The first-order valence-corrected chi connectivity index (χ1v) is 18.3. The summed E-state index contributed by atoms with van der Waals surface area (Å²) >= 11 is 0. The molecule has 3 heteroatoms. The Morgan fingerprint density at radius 2 is 1.38 bits per heavy atom. The molecule has 0 aliphatic heterocycles. The maximum absolute atomic E-state index is 10.8. The van der Waals surface area contributed by atoms with E-state index < -0.39 is 0 Å². The molecule has 4 saturated carbocycles. The number of unbranched alkanes of at least 4 members (excludes halogenated alkanes) is 7. The summed E-state index contributed by atoms with van der Waals surface area (Å²) in [6.07, 6.45) is 25.5. The number of rotatable bonds is 16. The minimum absolute atomic E-state index is 0.0744. The molecule has 0 aromatic rings. The number of aliphatic hydroxyl groups excluding tert-OH is 1. The Labute approximate surface area is 250 Å². The van der Waals surface area contributed by atoms with Gasteiger partial charge in [-0.15, -0.1) is 0 Å². The molecule has 0 heterocycles. The van der Waals surface area contributed by atoms with Gasteiger partial charge in [0.25, 0.3) is 0 Å². The first-order chi connectivity index (χ1) is 19.2. The van der Waals surface area contributed by atoms with E-state index in [1.807, 2.05) is 0 Å². The zero-order chi connectivity index (χ0) is 28.8. The topological polar surface area (TPSA) is 58.3 Å². The Morgan fingerprint density at radius 3 is 2.08 bits per heavy atom. The molecule has 40 heavy (non-hydrogen) atoms. The van der Waals surface area contributed by atoms with Crippen molar-refractivity contribution >= 4 is 0 Å². The molecule has 4 N–H and O–H groups in total. The average molecular weight is 559 g/mol. The lowest BCUT2D eigenvalue weighted by molar-refractivity contribution is -0.141. The molecule has 0 saturated heterocycles. The largest absolute Gasteiger partial charge is 0.393 e. The van der Waals surface area contributed by atoms with Gasteiger partial charge >= 0.3 is 0 Å². The monoisotopic (exact) mass is 559 g/mol. The van der Waals surface area contributed by atoms with E-state index >= 15 is 0 Å². The molecule has 4 aliphatic carbocycles. The van der Waals surface area contributed by atoms with E-state index in [0.29, 0.717) is 22.8 Å². The highest BCUT2D eigenvalue weighted by Gasteiger charge is 2.62. The summed E-state index contributed by atoms with van der Waals surface area (Å²) in [7, 11) is 0. The van der Waals surface area contributed by atoms with Crippen LogP contribution in [0.3, 0.4) is 0 Å². The smallest absolute Gasteiger partial charge is 0.0543 e. The van der Waals surface area contributed by atoms with E-state index in [9.17, 15) is 5.11 Å². The van der Waals surface area contributed by atoms with Crippen LogP contribution < -0.4 is 11.1 Å². The molecule has 10 atom stereocenters. The van der Waals surface area contributed by atoms with Crippen molar-refractivity contribution < 1.29 is 5.11 Å². The van der Waals surface area contributed by atoms with E-state index in [1.54, 1.807) is 0 Å². The summed E-state index contributed by atoms with van der Waals surface area (Å²) in [5.74, 6) is 6.04. The molecule has 0 radical (unpaired) electrons. The maximum atomic E-state index is 10.8. The van der Waals surface area contributed by atoms with Crippen LogP contribution in [0.1, 0.15) is 157 Å². The van der Waals surface area contributed by atoms with Gasteiger partial charge in [-0.3, -0.25) is 0 Å². The third-order valence-electron chi connectivity index (χ3n) is 13.4. The van der Waals surface area contributed by atoms with Crippen LogP contribution in [0, 0.1) is 52.3 Å². The van der Waals surface area contributed by atoms with Gasteiger partial charge < -0.3 is 16.2 Å². The molecular weight excluding hydrogens is 488 g/mol. The van der Waals surface area contributed by atoms with E-state index in [4.69, 9.17) is 5.73 Å². The van der Waals surface area contributed by atoms with Crippen LogP contribution >= 0.6 is 0 Å². The lowest BCUT2D eigenvalue weighted by Crippen LogP contribution is -2.61. The summed E-state index contributed by atoms with van der Waals surface area (Å²) in [6.45, 7) is 14.8. The molecule has 4 fully saturated rings. The molecule has 0 aromatic carbocycles. The van der Waals surface area contributed by atoms with Crippen molar-refractivity contribution in [2.24, 2.45) is 58.0 Å². The second kappa shape index (κ2) is 15.1. The zero-order valence-corrected chi connectivity index (χ0v) is 27.6. The van der Waals surface area contributed by atoms with Crippen LogP contribution in [0.15, 0.2) is 0 Å². The highest BCUT2D eigenvalue weighted by Crippen LogP contribution is 2.68. The molecular formula is C37H70N2O. The first-order valence-electron chi connectivity index (χ1n) is 18.3. The van der Waals surface area contributed by atoms with Crippen molar-refractivity contribution in [2.75, 3.05) is 13.1 Å². The van der Waals surface area contributed by atoms with Gasteiger partial charge in [-0.25, -0.2) is 0 Å². The highest BCUT2D eigenvalue weighted by atomic mass is 16.3. The van der Waals surface area contributed by atoms with Crippen LogP contribution in [-0.2, 0) is 0 Å². The van der Waals surface area contributed by atoms with E-state index in [2.05, 4.69) is 39.9 Å². The fourth-order valence-corrected chi connectivity index (χ4v) is 11.2. The normalized spacial score (nSPS) is 40.0. The highest BCUT2D eigenvalue weighted by molar-refractivity contribution is 5.12. The number of aliphatic hydroxyl groups is 1. The molecule has 0 spiro atoms. The minimum Gasteiger partial charge on any atom is -0.393 e. The summed E-state index contributed by atoms with van der Waals surface area (Å²) in [6, 6.07) is 0.613. The minimum atomic E-state index is -0.0744. The first kappa shape index (κ1) is 32.8. The van der Waals surface area contributed by atoms with Gasteiger partial charge in [0.05, 0.1) is 6.10 Å². The van der Waals surface area contributed by atoms with Gasteiger partial charge in [0, 0.05) is 6.04 Å². The summed E-state index contributed by atoms with van der Waals surface area (Å²) in [5, 5.41) is 14.9. The second-order valence-corrected chi connectivity index (χ2v) is 16.4. The van der Waals surface area contributed by atoms with Gasteiger partial charge in [0.2, 0.25) is 0 Å². The van der Waals surface area contributed by atoms with Crippen molar-refractivity contribution in [3.8, 4) is 0 Å². The van der Waals surface area contributed by atoms with Crippen molar-refractivity contribution in [2.45, 2.75) is 169 Å². The number of nitrogens with one attached hydrogen (secondary N) is 1. The number of nitrogens with two attached hydrogens (primary N) is 1. The molecule has 4 aliphatic rings. The second-order valence-electron chi connectivity index (χ2n) is 16.4. The Hall–Kier alpha value is -0.120. The van der Waals surface area contributed by atoms with Crippen molar-refractivity contribution in [3.63, 3.8) is 0 Å². The predicted octanol–water partition coefficient (Wildman–Crippen LogP) is 9.12. The molecule has 0 amide bonds. The summed E-state index contributed by atoms with van der Waals surface area (Å²) in [4.78, 5) is 0. The lowest BCUT2D eigenvalue weighted by Gasteiger charge is -2.63. The Morgan fingerprint density at radius 1 is 0.725 bits per heavy atom. The molecule has 4 rings (SSSR count). The third kappa shape index (κ3) is 7.50. The van der Waals surface area contributed by atoms with Crippen molar-refractivity contribution in [3.05, 3.63) is 0 Å². The fourth-order valence-electron chi connectivity index (χ4n) is 11.2. The third-order valence-corrected chi connectivity index (χ3v) is 13.4. The zero-order valence-electron chi connectivity index (χ0n) is 27.6. The molecule has 0 aromatic heterocycles. The van der Waals surface area contributed by atoms with E-state index in [-0.39, 0.29) is 6.10 Å².